The average molecular weight is 520 g/mol. The van der Waals surface area contributed by atoms with Crippen molar-refractivity contribution in [2.75, 3.05) is 32.1 Å². The molecule has 1 aliphatic heterocycles. The van der Waals surface area contributed by atoms with Gasteiger partial charge in [0, 0.05) is 37.6 Å². The van der Waals surface area contributed by atoms with Crippen LogP contribution >= 0.6 is 0 Å². The molecular formula is C24H27F2N5O4S. The van der Waals surface area contributed by atoms with Crippen molar-refractivity contribution in [2.24, 2.45) is 0 Å². The number of methoxy groups -OCH3 is 1. The summed E-state index contributed by atoms with van der Waals surface area (Å²) in [6.45, 7) is 2.66. The minimum atomic E-state index is -4.29. The van der Waals surface area contributed by atoms with Crippen LogP contribution in [0.3, 0.4) is 0 Å². The number of carbonyl (C=O) groups is 1. The number of fused-ring (bicyclic) bond motifs is 1. The molecule has 0 saturated carbocycles. The van der Waals surface area contributed by atoms with E-state index in [1.54, 1.807) is 18.3 Å². The number of alkyl halides is 1. The first kappa shape index (κ1) is 25.6. The third-order valence-corrected chi connectivity index (χ3v) is 7.08. The molecule has 3 aromatic rings. The number of ether oxygens (including phenoxy) is 1. The largest absolute Gasteiger partial charge is 0.496 e. The van der Waals surface area contributed by atoms with Gasteiger partial charge in [-0.05, 0) is 50.6 Å². The maximum Gasteiger partial charge on any atom is 0.303 e. The Balaban J connectivity index is 1.64. The van der Waals surface area contributed by atoms with Gasteiger partial charge in [-0.25, -0.2) is 18.5 Å². The first-order valence-electron chi connectivity index (χ1n) is 11.2. The molecule has 1 amide bonds. The topological polar surface area (TPSA) is 96.2 Å². The van der Waals surface area contributed by atoms with Crippen LogP contribution in [0.2, 0.25) is 0 Å². The summed E-state index contributed by atoms with van der Waals surface area (Å²) in [6.07, 6.45) is 5.60. The Morgan fingerprint density at radius 1 is 1.28 bits per heavy atom. The van der Waals surface area contributed by atoms with E-state index in [0.29, 0.717) is 35.6 Å². The zero-order valence-electron chi connectivity index (χ0n) is 20.3. The van der Waals surface area contributed by atoms with Gasteiger partial charge in [0.25, 0.3) is 5.91 Å². The van der Waals surface area contributed by atoms with Crippen LogP contribution in [0, 0.1) is 5.82 Å². The number of halogens is 2. The fourth-order valence-electron chi connectivity index (χ4n) is 4.12. The number of rotatable bonds is 8. The molecule has 0 saturated heterocycles. The van der Waals surface area contributed by atoms with Crippen molar-refractivity contribution in [3.05, 3.63) is 65.9 Å². The lowest BCUT2D eigenvalue weighted by Crippen LogP contribution is -2.45. The summed E-state index contributed by atoms with van der Waals surface area (Å²) >= 11 is 0. The van der Waals surface area contributed by atoms with Crippen molar-refractivity contribution in [1.29, 1.82) is 0 Å². The highest BCUT2D eigenvalue weighted by Crippen LogP contribution is 2.36. The van der Waals surface area contributed by atoms with Crippen LogP contribution in [0.25, 0.3) is 11.3 Å². The van der Waals surface area contributed by atoms with Crippen LogP contribution in [-0.4, -0.2) is 60.9 Å². The number of pyridine rings is 1. The number of imidazole rings is 1. The van der Waals surface area contributed by atoms with Crippen molar-refractivity contribution in [3.63, 3.8) is 0 Å². The fourth-order valence-corrected chi connectivity index (χ4v) is 5.10. The second-order valence-corrected chi connectivity index (χ2v) is 10.8. The predicted octanol–water partition coefficient (Wildman–Crippen LogP) is 3.39. The van der Waals surface area contributed by atoms with Gasteiger partial charge in [0.05, 0.1) is 19.0 Å². The number of aromatic nitrogens is 2. The lowest BCUT2D eigenvalue weighted by molar-refractivity contribution is 0.0971. The molecule has 3 heterocycles. The molecule has 0 spiro atoms. The van der Waals surface area contributed by atoms with Gasteiger partial charge in [-0.15, -0.1) is 0 Å². The number of benzene rings is 1. The summed E-state index contributed by atoms with van der Waals surface area (Å²) in [5, 5.41) is 0. The molecule has 0 radical (unpaired) electrons. The Bertz CT molecular complexity index is 1450. The van der Waals surface area contributed by atoms with E-state index >= 15 is 0 Å². The molecule has 0 aliphatic carbocycles. The van der Waals surface area contributed by atoms with Crippen molar-refractivity contribution in [2.45, 2.75) is 25.9 Å². The molecule has 1 aromatic carbocycles. The summed E-state index contributed by atoms with van der Waals surface area (Å²) in [5.74, 6) is -0.791. The van der Waals surface area contributed by atoms with E-state index in [1.807, 2.05) is 21.8 Å². The molecule has 9 nitrogen and oxygen atoms in total. The normalized spacial score (nSPS) is 14.4. The summed E-state index contributed by atoms with van der Waals surface area (Å²) in [6, 6.07) is 7.78. The van der Waals surface area contributed by atoms with E-state index in [9.17, 15) is 22.0 Å². The van der Waals surface area contributed by atoms with Gasteiger partial charge in [0.2, 0.25) is 0 Å². The van der Waals surface area contributed by atoms with Gasteiger partial charge < -0.3 is 9.64 Å². The van der Waals surface area contributed by atoms with Crippen molar-refractivity contribution >= 4 is 33.1 Å². The summed E-state index contributed by atoms with van der Waals surface area (Å²) in [7, 11) is -1.59. The van der Waals surface area contributed by atoms with Crippen molar-refractivity contribution in [1.82, 2.24) is 18.4 Å². The molecule has 4 rings (SSSR count). The highest BCUT2D eigenvalue weighted by atomic mass is 32.2. The smallest absolute Gasteiger partial charge is 0.303 e. The van der Waals surface area contributed by atoms with Gasteiger partial charge >= 0.3 is 10.2 Å². The number of hydrogen-bond acceptors (Lipinski definition) is 6. The molecule has 1 N–H and O–H groups in total. The number of amides is 1. The Hall–Kier alpha value is -3.51. The summed E-state index contributed by atoms with van der Waals surface area (Å²) < 4.78 is 62.7. The first-order valence-corrected chi connectivity index (χ1v) is 12.6. The minimum absolute atomic E-state index is 0.0172. The van der Waals surface area contributed by atoms with Crippen molar-refractivity contribution in [3.8, 4) is 5.75 Å². The monoisotopic (exact) mass is 519 g/mol. The molecule has 36 heavy (non-hydrogen) atoms. The predicted molar refractivity (Wildman–Crippen MR) is 132 cm³/mol. The molecule has 1 aliphatic rings. The second-order valence-electron chi connectivity index (χ2n) is 9.04. The molecule has 192 valence electrons. The van der Waals surface area contributed by atoms with Gasteiger partial charge in [-0.2, -0.15) is 12.7 Å². The quantitative estimate of drug-likeness (QED) is 0.490. The Morgan fingerprint density at radius 3 is 2.72 bits per heavy atom. The van der Waals surface area contributed by atoms with E-state index in [-0.39, 0.29) is 5.69 Å². The lowest BCUT2D eigenvalue weighted by Gasteiger charge is -2.24. The molecule has 0 fully saturated rings. The van der Waals surface area contributed by atoms with Crippen LogP contribution in [-0.2, 0) is 10.2 Å². The van der Waals surface area contributed by atoms with Gasteiger partial charge in [0.15, 0.2) is 0 Å². The SMILES string of the molecule is COc1ccc(F)cc1C1=CCCN1c1ccc2ncc(C(=O)NS(=O)(=O)N(C)CC(C)(C)F)n2c1. The Labute approximate surface area is 208 Å². The molecule has 0 atom stereocenters. The maximum atomic E-state index is 14.0. The highest BCUT2D eigenvalue weighted by Gasteiger charge is 2.29. The van der Waals surface area contributed by atoms with E-state index in [1.165, 1.54) is 50.7 Å². The lowest BCUT2D eigenvalue weighted by atomic mass is 10.1. The number of carbonyl (C=O) groups excluding carboxylic acids is 1. The van der Waals surface area contributed by atoms with Crippen LogP contribution in [0.4, 0.5) is 14.5 Å². The Kier molecular flexibility index (Phi) is 6.76. The first-order chi connectivity index (χ1) is 16.9. The molecule has 0 unspecified atom stereocenters. The van der Waals surface area contributed by atoms with Crippen LogP contribution in [0.1, 0.15) is 36.3 Å². The van der Waals surface area contributed by atoms with E-state index in [4.69, 9.17) is 4.74 Å². The molecule has 12 heteroatoms. The van der Waals surface area contributed by atoms with Crippen LogP contribution in [0.5, 0.6) is 5.75 Å². The zero-order valence-corrected chi connectivity index (χ0v) is 21.1. The zero-order chi connectivity index (χ0) is 26.3. The van der Waals surface area contributed by atoms with Gasteiger partial charge in [-0.3, -0.25) is 9.20 Å². The van der Waals surface area contributed by atoms with Gasteiger partial charge in [0.1, 0.15) is 28.6 Å². The molecule has 2 aromatic heterocycles. The Morgan fingerprint density at radius 2 is 2.03 bits per heavy atom. The van der Waals surface area contributed by atoms with Gasteiger partial charge in [-0.1, -0.05) is 6.08 Å². The standard InChI is InChI=1S/C24H27F2N5O4S/c1-24(2,26)15-29(3)36(33,34)28-23(32)20-13-27-22-10-8-17(14-31(20)22)30-11-5-6-19(30)18-12-16(25)7-9-21(18)35-4/h6-10,12-14H,5,11,15H2,1-4H3,(H,28,32). The van der Waals surface area contributed by atoms with Crippen molar-refractivity contribution < 1.29 is 26.7 Å². The summed E-state index contributed by atoms with van der Waals surface area (Å²) in [4.78, 5) is 19.0. The van der Waals surface area contributed by atoms with E-state index < -0.39 is 34.1 Å². The fraction of sp³-hybridized carbons (Fsp3) is 0.333. The summed E-state index contributed by atoms with van der Waals surface area (Å²) in [5.41, 5.74) is 0.641. The number of hydrogen-bond donors (Lipinski definition) is 1. The third kappa shape index (κ3) is 5.19. The van der Waals surface area contributed by atoms with E-state index in [2.05, 4.69) is 4.98 Å². The highest BCUT2D eigenvalue weighted by molar-refractivity contribution is 7.87. The molecule has 0 bridgehead atoms. The number of nitrogens with zero attached hydrogens (tertiary/aromatic N) is 4. The third-order valence-electron chi connectivity index (χ3n) is 5.68. The average Bonchev–Trinajstić information content (AvgIpc) is 3.44. The second kappa shape index (κ2) is 9.51. The van der Waals surface area contributed by atoms with Crippen LogP contribution in [0.15, 0.2) is 48.8 Å². The maximum absolute atomic E-state index is 14.0. The number of anilines is 1. The van der Waals surface area contributed by atoms with Crippen LogP contribution < -0.4 is 14.4 Å². The number of nitrogens with one attached hydrogen (secondary N) is 1. The minimum Gasteiger partial charge on any atom is -0.496 e. The molecular weight excluding hydrogens is 492 g/mol. The van der Waals surface area contributed by atoms with E-state index in [0.717, 1.165) is 10.0 Å².